The summed E-state index contributed by atoms with van der Waals surface area (Å²) in [7, 11) is 0. The molecule has 0 heterocycles. The zero-order chi connectivity index (χ0) is 15.3. The number of amides is 2. The highest BCUT2D eigenvalue weighted by atomic mass is 79.9. The number of carboxylic acids is 1. The van der Waals surface area contributed by atoms with Crippen molar-refractivity contribution in [2.24, 2.45) is 0 Å². The molecule has 0 bridgehead atoms. The summed E-state index contributed by atoms with van der Waals surface area (Å²) < 4.78 is 0.864. The summed E-state index contributed by atoms with van der Waals surface area (Å²) in [5.41, 5.74) is 0.208. The highest BCUT2D eigenvalue weighted by molar-refractivity contribution is 9.10. The van der Waals surface area contributed by atoms with Crippen LogP contribution in [0.2, 0.25) is 0 Å². The van der Waals surface area contributed by atoms with Gasteiger partial charge in [0.2, 0.25) is 0 Å². The Kier molecular flexibility index (Phi) is 5.56. The summed E-state index contributed by atoms with van der Waals surface area (Å²) in [6.45, 7) is 5.78. The summed E-state index contributed by atoms with van der Waals surface area (Å²) >= 11 is 3.34. The number of aliphatic carboxylic acids is 1. The van der Waals surface area contributed by atoms with Crippen molar-refractivity contribution in [3.63, 3.8) is 0 Å². The number of carbonyl (C=O) groups is 2. The molecule has 110 valence electrons. The number of benzene rings is 1. The van der Waals surface area contributed by atoms with Gasteiger partial charge in [0.05, 0.1) is 6.42 Å². The second kappa shape index (κ2) is 6.74. The number of nitrogens with one attached hydrogen (secondary N) is 1. The fourth-order valence-electron chi connectivity index (χ4n) is 1.71. The molecule has 0 aliphatic heterocycles. The maximum Gasteiger partial charge on any atom is 0.322 e. The normalized spacial score (nSPS) is 11.0. The van der Waals surface area contributed by atoms with Gasteiger partial charge in [0, 0.05) is 22.2 Å². The number of rotatable bonds is 4. The molecule has 0 aliphatic rings. The van der Waals surface area contributed by atoms with Crippen molar-refractivity contribution in [2.45, 2.75) is 32.7 Å². The summed E-state index contributed by atoms with van der Waals surface area (Å²) in [4.78, 5) is 24.5. The first kappa shape index (κ1) is 16.5. The zero-order valence-corrected chi connectivity index (χ0v) is 13.4. The Balaban J connectivity index is 2.80. The van der Waals surface area contributed by atoms with Gasteiger partial charge in [-0.15, -0.1) is 0 Å². The van der Waals surface area contributed by atoms with E-state index in [0.717, 1.165) is 4.47 Å². The van der Waals surface area contributed by atoms with Crippen LogP contribution in [-0.4, -0.2) is 34.1 Å². The average Bonchev–Trinajstić information content (AvgIpc) is 2.26. The van der Waals surface area contributed by atoms with E-state index in [-0.39, 0.29) is 19.0 Å². The van der Waals surface area contributed by atoms with E-state index < -0.39 is 11.5 Å². The average molecular weight is 343 g/mol. The van der Waals surface area contributed by atoms with Crippen LogP contribution in [0.4, 0.5) is 10.5 Å². The largest absolute Gasteiger partial charge is 0.481 e. The van der Waals surface area contributed by atoms with Gasteiger partial charge in [-0.1, -0.05) is 22.0 Å². The number of carboxylic acid groups (broad SMARTS) is 1. The summed E-state index contributed by atoms with van der Waals surface area (Å²) in [5, 5.41) is 11.5. The van der Waals surface area contributed by atoms with E-state index in [0.29, 0.717) is 5.69 Å². The third-order valence-electron chi connectivity index (χ3n) is 2.68. The Morgan fingerprint density at radius 3 is 2.50 bits per heavy atom. The van der Waals surface area contributed by atoms with Crippen molar-refractivity contribution in [2.75, 3.05) is 11.9 Å². The number of anilines is 1. The fraction of sp³-hybridized carbons (Fsp3) is 0.429. The van der Waals surface area contributed by atoms with Crippen molar-refractivity contribution < 1.29 is 14.7 Å². The van der Waals surface area contributed by atoms with Gasteiger partial charge in [0.15, 0.2) is 0 Å². The first-order valence-corrected chi connectivity index (χ1v) is 7.05. The maximum absolute atomic E-state index is 12.3. The molecule has 1 aromatic rings. The molecular formula is C14H19BrN2O3. The van der Waals surface area contributed by atoms with E-state index in [2.05, 4.69) is 21.2 Å². The van der Waals surface area contributed by atoms with Crippen LogP contribution in [0, 0.1) is 0 Å². The van der Waals surface area contributed by atoms with Crippen LogP contribution in [0.5, 0.6) is 0 Å². The van der Waals surface area contributed by atoms with Crippen LogP contribution >= 0.6 is 15.9 Å². The Morgan fingerprint density at radius 1 is 1.35 bits per heavy atom. The number of urea groups is 1. The van der Waals surface area contributed by atoms with Gasteiger partial charge in [-0.3, -0.25) is 4.79 Å². The predicted molar refractivity (Wildman–Crippen MR) is 81.9 cm³/mol. The minimum atomic E-state index is -0.922. The van der Waals surface area contributed by atoms with Crippen LogP contribution in [0.3, 0.4) is 0 Å². The van der Waals surface area contributed by atoms with E-state index in [1.54, 1.807) is 12.1 Å². The van der Waals surface area contributed by atoms with Crippen molar-refractivity contribution in [3.05, 3.63) is 28.7 Å². The van der Waals surface area contributed by atoms with Gasteiger partial charge in [-0.25, -0.2) is 4.79 Å². The van der Waals surface area contributed by atoms with Crippen molar-refractivity contribution in [1.82, 2.24) is 4.90 Å². The summed E-state index contributed by atoms with van der Waals surface area (Å²) in [6.07, 6.45) is -0.0802. The lowest BCUT2D eigenvalue weighted by Crippen LogP contribution is -2.48. The Labute approximate surface area is 127 Å². The van der Waals surface area contributed by atoms with Crippen molar-refractivity contribution >= 4 is 33.6 Å². The SMILES string of the molecule is CC(C)(C)N(CCC(=O)O)C(=O)Nc1cccc(Br)c1. The van der Waals surface area contributed by atoms with Crippen LogP contribution in [-0.2, 0) is 4.79 Å². The van der Waals surface area contributed by atoms with Crippen LogP contribution in [0.25, 0.3) is 0 Å². The van der Waals surface area contributed by atoms with E-state index in [1.165, 1.54) is 4.90 Å². The molecule has 0 atom stereocenters. The van der Waals surface area contributed by atoms with Gasteiger partial charge < -0.3 is 15.3 Å². The molecule has 20 heavy (non-hydrogen) atoms. The molecule has 1 rings (SSSR count). The first-order valence-electron chi connectivity index (χ1n) is 6.26. The summed E-state index contributed by atoms with van der Waals surface area (Å²) in [5.74, 6) is -0.922. The smallest absolute Gasteiger partial charge is 0.322 e. The molecule has 2 amide bonds. The standard InChI is InChI=1S/C14H19BrN2O3/c1-14(2,3)17(8-7-12(18)19)13(20)16-11-6-4-5-10(15)9-11/h4-6,9H,7-8H2,1-3H3,(H,16,20)(H,18,19). The lowest BCUT2D eigenvalue weighted by atomic mass is 10.1. The molecule has 0 aliphatic carbocycles. The zero-order valence-electron chi connectivity index (χ0n) is 11.8. The topological polar surface area (TPSA) is 69.6 Å². The molecule has 0 saturated heterocycles. The second-order valence-corrected chi connectivity index (χ2v) is 6.32. The Hall–Kier alpha value is -1.56. The minimum absolute atomic E-state index is 0.0802. The Morgan fingerprint density at radius 2 is 2.00 bits per heavy atom. The lowest BCUT2D eigenvalue weighted by molar-refractivity contribution is -0.137. The first-order chi connectivity index (χ1) is 9.20. The third-order valence-corrected chi connectivity index (χ3v) is 3.17. The van der Waals surface area contributed by atoms with Crippen LogP contribution < -0.4 is 5.32 Å². The molecule has 0 saturated carbocycles. The number of hydrogen-bond acceptors (Lipinski definition) is 2. The van der Waals surface area contributed by atoms with E-state index in [4.69, 9.17) is 5.11 Å². The van der Waals surface area contributed by atoms with Gasteiger partial charge in [0.25, 0.3) is 0 Å². The predicted octanol–water partition coefficient (Wildman–Crippen LogP) is 3.56. The highest BCUT2D eigenvalue weighted by Crippen LogP contribution is 2.19. The van der Waals surface area contributed by atoms with E-state index >= 15 is 0 Å². The molecule has 2 N–H and O–H groups in total. The monoisotopic (exact) mass is 342 g/mol. The number of hydrogen-bond donors (Lipinski definition) is 2. The molecule has 0 unspecified atom stereocenters. The van der Waals surface area contributed by atoms with E-state index in [9.17, 15) is 9.59 Å². The highest BCUT2D eigenvalue weighted by Gasteiger charge is 2.26. The number of carbonyl (C=O) groups excluding carboxylic acids is 1. The number of nitrogens with zero attached hydrogens (tertiary/aromatic N) is 1. The van der Waals surface area contributed by atoms with E-state index in [1.807, 2.05) is 32.9 Å². The quantitative estimate of drug-likeness (QED) is 0.878. The molecule has 6 heteroatoms. The maximum atomic E-state index is 12.3. The molecular weight excluding hydrogens is 324 g/mol. The van der Waals surface area contributed by atoms with Gasteiger partial charge in [0.1, 0.15) is 0 Å². The Bertz CT molecular complexity index is 497. The summed E-state index contributed by atoms with van der Waals surface area (Å²) in [6, 6.07) is 6.94. The molecule has 0 spiro atoms. The fourth-order valence-corrected chi connectivity index (χ4v) is 2.11. The molecule has 0 aromatic heterocycles. The van der Waals surface area contributed by atoms with Crippen LogP contribution in [0.15, 0.2) is 28.7 Å². The second-order valence-electron chi connectivity index (χ2n) is 5.41. The minimum Gasteiger partial charge on any atom is -0.481 e. The third kappa shape index (κ3) is 5.21. The molecule has 5 nitrogen and oxygen atoms in total. The van der Waals surface area contributed by atoms with Gasteiger partial charge in [-0.2, -0.15) is 0 Å². The lowest BCUT2D eigenvalue weighted by Gasteiger charge is -2.35. The number of halogens is 1. The molecule has 0 radical (unpaired) electrons. The van der Waals surface area contributed by atoms with Crippen molar-refractivity contribution in [3.8, 4) is 0 Å². The van der Waals surface area contributed by atoms with Gasteiger partial charge in [-0.05, 0) is 39.0 Å². The molecule has 1 aromatic carbocycles. The molecule has 0 fully saturated rings. The van der Waals surface area contributed by atoms with Gasteiger partial charge >= 0.3 is 12.0 Å². The van der Waals surface area contributed by atoms with Crippen LogP contribution in [0.1, 0.15) is 27.2 Å². The van der Waals surface area contributed by atoms with Crippen molar-refractivity contribution in [1.29, 1.82) is 0 Å².